The Morgan fingerprint density at radius 1 is 0.853 bits per heavy atom. The highest BCUT2D eigenvalue weighted by molar-refractivity contribution is 6.33. The molecule has 0 saturated heterocycles. The fourth-order valence-corrected chi connectivity index (χ4v) is 4.16. The van der Waals surface area contributed by atoms with Crippen molar-refractivity contribution in [2.24, 2.45) is 12.0 Å². The molecule has 4 aromatic rings. The molecule has 34 heavy (non-hydrogen) atoms. The van der Waals surface area contributed by atoms with Crippen molar-refractivity contribution in [3.8, 4) is 5.69 Å². The highest BCUT2D eigenvalue weighted by Crippen LogP contribution is 2.29. The number of amidine groups is 1. The van der Waals surface area contributed by atoms with Crippen LogP contribution in [0.15, 0.2) is 100 Å². The second kappa shape index (κ2) is 8.65. The summed E-state index contributed by atoms with van der Waals surface area (Å²) in [6.45, 7) is 1.83. The summed E-state index contributed by atoms with van der Waals surface area (Å²) in [5, 5.41) is 0.608. The molecule has 2 heterocycles. The van der Waals surface area contributed by atoms with E-state index in [9.17, 15) is 9.59 Å². The lowest BCUT2D eigenvalue weighted by molar-refractivity contribution is -0.113. The van der Waals surface area contributed by atoms with Crippen LogP contribution < -0.4 is 10.5 Å². The first-order valence-corrected chi connectivity index (χ1v) is 11.1. The minimum atomic E-state index is -0.361. The molecule has 0 atom stereocenters. The van der Waals surface area contributed by atoms with Gasteiger partial charge in [-0.25, -0.2) is 9.67 Å². The number of halogens is 1. The third-order valence-corrected chi connectivity index (χ3v) is 6.07. The Labute approximate surface area is 201 Å². The van der Waals surface area contributed by atoms with Crippen molar-refractivity contribution in [1.82, 2.24) is 9.36 Å². The molecule has 1 amide bonds. The molecule has 7 heteroatoms. The number of amides is 1. The summed E-state index contributed by atoms with van der Waals surface area (Å²) in [5.41, 5.74) is 3.12. The Kier molecular flexibility index (Phi) is 5.51. The topological polar surface area (TPSA) is 59.6 Å². The Balaban J connectivity index is 1.69. The predicted molar refractivity (Wildman–Crippen MR) is 136 cm³/mol. The molecule has 0 N–H and O–H groups in total. The van der Waals surface area contributed by atoms with Crippen LogP contribution in [0.5, 0.6) is 0 Å². The highest BCUT2D eigenvalue weighted by Gasteiger charge is 2.37. The van der Waals surface area contributed by atoms with E-state index in [1.165, 1.54) is 4.90 Å². The van der Waals surface area contributed by atoms with Crippen LogP contribution in [0.2, 0.25) is 5.02 Å². The fourth-order valence-electron chi connectivity index (χ4n) is 4.03. The number of hydrogen-bond donors (Lipinski definition) is 0. The van der Waals surface area contributed by atoms with Crippen molar-refractivity contribution in [2.45, 2.75) is 6.92 Å². The van der Waals surface area contributed by atoms with Crippen molar-refractivity contribution >= 4 is 35.1 Å². The van der Waals surface area contributed by atoms with Crippen LogP contribution >= 0.6 is 11.6 Å². The molecule has 0 radical (unpaired) electrons. The van der Waals surface area contributed by atoms with Crippen LogP contribution in [0, 0.1) is 6.92 Å². The number of rotatable bonds is 4. The van der Waals surface area contributed by atoms with E-state index in [2.05, 4.69) is 4.99 Å². The molecule has 1 aliphatic rings. The summed E-state index contributed by atoms with van der Waals surface area (Å²) in [5.74, 6) is 0.0524. The Bertz CT molecular complexity index is 1500. The Morgan fingerprint density at radius 3 is 2.12 bits per heavy atom. The number of nitrogens with zero attached hydrogens (tertiary/aromatic N) is 4. The molecule has 168 valence electrons. The number of anilines is 1. The van der Waals surface area contributed by atoms with Crippen LogP contribution in [0.3, 0.4) is 0 Å². The van der Waals surface area contributed by atoms with Gasteiger partial charge in [0.25, 0.3) is 11.5 Å². The fraction of sp³-hybridized carbons (Fsp3) is 0.0741. The van der Waals surface area contributed by atoms with Gasteiger partial charge in [0.1, 0.15) is 17.2 Å². The van der Waals surface area contributed by atoms with E-state index in [-0.39, 0.29) is 22.9 Å². The van der Waals surface area contributed by atoms with Crippen molar-refractivity contribution < 1.29 is 4.79 Å². The van der Waals surface area contributed by atoms with Gasteiger partial charge in [-0.1, -0.05) is 72.3 Å². The van der Waals surface area contributed by atoms with E-state index in [0.29, 0.717) is 22.2 Å². The average Bonchev–Trinajstić information content (AvgIpc) is 3.28. The first kappa shape index (κ1) is 21.7. The van der Waals surface area contributed by atoms with Gasteiger partial charge in [0.05, 0.1) is 11.4 Å². The number of para-hydroxylation sites is 1. The summed E-state index contributed by atoms with van der Waals surface area (Å²) >= 11 is 6.00. The lowest BCUT2D eigenvalue weighted by atomic mass is 10.1. The summed E-state index contributed by atoms with van der Waals surface area (Å²) in [6.07, 6.45) is 1.70. The third kappa shape index (κ3) is 3.68. The molecule has 1 aromatic heterocycles. The molecule has 5 rings (SSSR count). The molecule has 1 aliphatic heterocycles. The second-order valence-corrected chi connectivity index (χ2v) is 8.37. The molecule has 0 aliphatic carbocycles. The smallest absolute Gasteiger partial charge is 0.283 e. The van der Waals surface area contributed by atoms with Crippen LogP contribution in [0.4, 0.5) is 5.69 Å². The van der Waals surface area contributed by atoms with Gasteiger partial charge in [-0.3, -0.25) is 19.2 Å². The van der Waals surface area contributed by atoms with Gasteiger partial charge in [-0.2, -0.15) is 0 Å². The van der Waals surface area contributed by atoms with E-state index in [1.807, 2.05) is 79.7 Å². The Morgan fingerprint density at radius 2 is 1.47 bits per heavy atom. The SMILES string of the molecule is Cc1c(N2C(=O)/C(=C/c3ccc(Cl)cc3)N=C2c2ccccc2)c(=O)n(-c2ccccc2)n1C. The standard InChI is InChI=1S/C27H21ClN4O2/c1-18-24(27(34)32(30(18)2)22-11-7-4-8-12-22)31-25(20-9-5-3-6-10-20)29-23(26(31)33)17-19-13-15-21(28)16-14-19/h3-17H,1-2H3/b23-17-. The molecule has 0 fully saturated rings. The summed E-state index contributed by atoms with van der Waals surface area (Å²) in [4.78, 5) is 33.5. The largest absolute Gasteiger partial charge is 0.296 e. The zero-order valence-electron chi connectivity index (χ0n) is 18.6. The minimum Gasteiger partial charge on any atom is -0.283 e. The molecule has 0 saturated carbocycles. The van der Waals surface area contributed by atoms with Crippen molar-refractivity contribution in [1.29, 1.82) is 0 Å². The number of hydrogen-bond acceptors (Lipinski definition) is 3. The quantitative estimate of drug-likeness (QED) is 0.397. The van der Waals surface area contributed by atoms with Crippen molar-refractivity contribution in [3.63, 3.8) is 0 Å². The Hall–Kier alpha value is -4.16. The van der Waals surface area contributed by atoms with Gasteiger partial charge in [-0.05, 0) is 42.8 Å². The summed E-state index contributed by atoms with van der Waals surface area (Å²) in [7, 11) is 1.80. The predicted octanol–water partition coefficient (Wildman–Crippen LogP) is 4.97. The second-order valence-electron chi connectivity index (χ2n) is 7.93. The zero-order valence-corrected chi connectivity index (χ0v) is 19.4. The van der Waals surface area contributed by atoms with E-state index in [0.717, 1.165) is 11.1 Å². The monoisotopic (exact) mass is 468 g/mol. The van der Waals surface area contributed by atoms with Crippen LogP contribution in [-0.4, -0.2) is 21.1 Å². The molecule has 6 nitrogen and oxygen atoms in total. The summed E-state index contributed by atoms with van der Waals surface area (Å²) < 4.78 is 3.31. The molecule has 0 spiro atoms. The van der Waals surface area contributed by atoms with Crippen LogP contribution in [0.25, 0.3) is 11.8 Å². The van der Waals surface area contributed by atoms with Gasteiger partial charge in [0, 0.05) is 17.6 Å². The number of aliphatic imine (C=N–C) groups is 1. The highest BCUT2D eigenvalue weighted by atomic mass is 35.5. The maximum atomic E-state index is 13.7. The summed E-state index contributed by atoms with van der Waals surface area (Å²) in [6, 6.07) is 25.9. The van der Waals surface area contributed by atoms with E-state index in [4.69, 9.17) is 11.6 Å². The van der Waals surface area contributed by atoms with Crippen molar-refractivity contribution in [3.05, 3.63) is 123 Å². The van der Waals surface area contributed by atoms with Crippen LogP contribution in [0.1, 0.15) is 16.8 Å². The van der Waals surface area contributed by atoms with Crippen molar-refractivity contribution in [2.75, 3.05) is 4.90 Å². The van der Waals surface area contributed by atoms with E-state index < -0.39 is 0 Å². The average molecular weight is 469 g/mol. The first-order chi connectivity index (χ1) is 16.5. The lowest BCUT2D eigenvalue weighted by Gasteiger charge is -2.17. The van der Waals surface area contributed by atoms with Crippen LogP contribution in [-0.2, 0) is 11.8 Å². The number of carbonyl (C=O) groups is 1. The molecular formula is C27H21ClN4O2. The van der Waals surface area contributed by atoms with Gasteiger partial charge in [-0.15, -0.1) is 0 Å². The first-order valence-electron chi connectivity index (χ1n) is 10.8. The zero-order chi connectivity index (χ0) is 23.8. The van der Waals surface area contributed by atoms with E-state index >= 15 is 0 Å². The van der Waals surface area contributed by atoms with E-state index in [1.54, 1.807) is 34.6 Å². The number of carbonyl (C=O) groups excluding carboxylic acids is 1. The molecule has 3 aromatic carbocycles. The maximum absolute atomic E-state index is 13.7. The third-order valence-electron chi connectivity index (χ3n) is 5.81. The lowest BCUT2D eigenvalue weighted by Crippen LogP contribution is -2.36. The van der Waals surface area contributed by atoms with Gasteiger partial charge in [0.15, 0.2) is 0 Å². The van der Waals surface area contributed by atoms with Gasteiger partial charge in [0.2, 0.25) is 0 Å². The maximum Gasteiger partial charge on any atom is 0.296 e. The van der Waals surface area contributed by atoms with Gasteiger partial charge < -0.3 is 0 Å². The minimum absolute atomic E-state index is 0.245. The molecular weight excluding hydrogens is 448 g/mol. The molecule has 0 bridgehead atoms. The van der Waals surface area contributed by atoms with Gasteiger partial charge >= 0.3 is 0 Å². The molecule has 0 unspecified atom stereocenters. The normalized spacial score (nSPS) is 14.7. The number of aromatic nitrogens is 2. The number of benzene rings is 3.